The quantitative estimate of drug-likeness (QED) is 0.0169. The lowest BCUT2D eigenvalue weighted by Crippen LogP contribution is -2.30. The van der Waals surface area contributed by atoms with Crippen molar-refractivity contribution < 1.29 is 80.2 Å². The lowest BCUT2D eigenvalue weighted by atomic mass is 10.1. The first-order valence-corrected chi connectivity index (χ1v) is 42.1. The molecule has 0 aromatic heterocycles. The molecule has 0 fully saturated rings. The normalized spacial score (nSPS) is 14.7. The molecule has 17 nitrogen and oxygen atoms in total. The van der Waals surface area contributed by atoms with E-state index in [1.54, 1.807) is 0 Å². The number of phosphoric ester groups is 2. The maximum atomic E-state index is 13.1. The van der Waals surface area contributed by atoms with Gasteiger partial charge in [0.25, 0.3) is 0 Å². The molecule has 0 radical (unpaired) electrons. The third-order valence-corrected chi connectivity index (χ3v) is 17.6. The standard InChI is InChI=1S/C83H138O17P2/c1-5-9-13-17-21-25-29-33-35-37-38-40-42-46-48-52-56-60-64-68-81(86)94-74-79(100-83(88)70-66-62-58-54-50-44-32-28-24-20-16-12-8-4)76-98-102(91,92)96-72-77(84)71-95-101(89,90)97-75-78(99-82(87)69-65-61-57-53-49-43-31-27-23-19-15-11-7-3)73-93-80(85)67-63-59-55-51-47-45-41-39-36-34-30-26-22-18-14-10-6-2/h9-10,13-16,19-22,25-28,31-36,38,40,46,48,77-79,84H,5-8,11-12,17-18,23-24,29-30,37,39,41-45,47,49-76H2,1-4H3,(H,89,90)(H,91,92)/b13-9-,14-10-,19-15-,20-16-,25-21-,26-22-,31-27-,32-28-,35-33-,36-34-,40-38-,48-46-. The molecule has 582 valence electrons. The van der Waals surface area contributed by atoms with Gasteiger partial charge in [-0.2, -0.15) is 0 Å². The highest BCUT2D eigenvalue weighted by Gasteiger charge is 2.30. The highest BCUT2D eigenvalue weighted by molar-refractivity contribution is 7.47. The van der Waals surface area contributed by atoms with Gasteiger partial charge in [0, 0.05) is 25.7 Å². The first kappa shape index (κ1) is 96.9. The predicted octanol–water partition coefficient (Wildman–Crippen LogP) is 22.7. The zero-order valence-corrected chi connectivity index (χ0v) is 65.3. The highest BCUT2D eigenvalue weighted by Crippen LogP contribution is 2.45. The van der Waals surface area contributed by atoms with Gasteiger partial charge >= 0.3 is 39.5 Å². The Kier molecular flexibility index (Phi) is 70.5. The van der Waals surface area contributed by atoms with Gasteiger partial charge in [-0.15, -0.1) is 0 Å². The van der Waals surface area contributed by atoms with Crippen LogP contribution < -0.4 is 0 Å². The molecule has 3 N–H and O–H groups in total. The van der Waals surface area contributed by atoms with Gasteiger partial charge < -0.3 is 33.8 Å². The number of aliphatic hydroxyl groups excluding tert-OH is 1. The smallest absolute Gasteiger partial charge is 0.462 e. The molecular formula is C83H138O17P2. The fraction of sp³-hybridized carbons (Fsp3) is 0.663. The second kappa shape index (κ2) is 74.2. The Morgan fingerprint density at radius 2 is 0.510 bits per heavy atom. The van der Waals surface area contributed by atoms with Gasteiger partial charge in [-0.1, -0.05) is 263 Å². The number of aliphatic hydroxyl groups is 1. The van der Waals surface area contributed by atoms with Crippen LogP contribution >= 0.6 is 15.6 Å². The van der Waals surface area contributed by atoms with E-state index in [0.717, 1.165) is 218 Å². The first-order valence-electron chi connectivity index (χ1n) is 39.1. The molecule has 0 aromatic carbocycles. The molecule has 0 saturated carbocycles. The van der Waals surface area contributed by atoms with E-state index in [1.807, 2.05) is 0 Å². The van der Waals surface area contributed by atoms with Gasteiger partial charge in [-0.3, -0.25) is 37.3 Å². The van der Waals surface area contributed by atoms with Crippen molar-refractivity contribution in [2.24, 2.45) is 0 Å². The summed E-state index contributed by atoms with van der Waals surface area (Å²) in [6.45, 7) is 4.43. The lowest BCUT2D eigenvalue weighted by molar-refractivity contribution is -0.161. The van der Waals surface area contributed by atoms with E-state index < -0.39 is 97.5 Å². The van der Waals surface area contributed by atoms with Crippen LogP contribution in [-0.2, 0) is 65.4 Å². The van der Waals surface area contributed by atoms with Crippen LogP contribution in [0.4, 0.5) is 0 Å². The Morgan fingerprint density at radius 3 is 0.794 bits per heavy atom. The van der Waals surface area contributed by atoms with Crippen molar-refractivity contribution in [3.63, 3.8) is 0 Å². The molecule has 5 unspecified atom stereocenters. The maximum Gasteiger partial charge on any atom is 0.472 e. The number of hydrogen-bond acceptors (Lipinski definition) is 15. The fourth-order valence-electron chi connectivity index (χ4n) is 9.87. The van der Waals surface area contributed by atoms with Gasteiger partial charge in [0.05, 0.1) is 26.4 Å². The molecule has 0 rings (SSSR count). The third-order valence-electron chi connectivity index (χ3n) is 15.7. The van der Waals surface area contributed by atoms with E-state index in [2.05, 4.69) is 174 Å². The highest BCUT2D eigenvalue weighted by atomic mass is 31.2. The van der Waals surface area contributed by atoms with Crippen LogP contribution in [0.5, 0.6) is 0 Å². The summed E-state index contributed by atoms with van der Waals surface area (Å²) in [5.41, 5.74) is 0. The number of rotatable bonds is 72. The van der Waals surface area contributed by atoms with Crippen LogP contribution in [-0.4, -0.2) is 96.7 Å². The van der Waals surface area contributed by atoms with E-state index in [4.69, 9.17) is 37.0 Å². The largest absolute Gasteiger partial charge is 0.472 e. The lowest BCUT2D eigenvalue weighted by Gasteiger charge is -2.21. The molecule has 0 heterocycles. The van der Waals surface area contributed by atoms with E-state index in [0.29, 0.717) is 25.7 Å². The Morgan fingerprint density at radius 1 is 0.284 bits per heavy atom. The number of carbonyl (C=O) groups excluding carboxylic acids is 4. The number of esters is 4. The summed E-state index contributed by atoms with van der Waals surface area (Å²) in [5.74, 6) is -2.26. The molecule has 0 aliphatic heterocycles. The number of hydrogen-bond donors (Lipinski definition) is 3. The molecule has 0 amide bonds. The minimum atomic E-state index is -4.99. The van der Waals surface area contributed by atoms with E-state index in [1.165, 1.54) is 0 Å². The van der Waals surface area contributed by atoms with Crippen LogP contribution in [0.15, 0.2) is 146 Å². The fourth-order valence-corrected chi connectivity index (χ4v) is 11.4. The molecular weight excluding hydrogens is 1330 g/mol. The second-order valence-corrected chi connectivity index (χ2v) is 28.4. The maximum absolute atomic E-state index is 13.1. The Balaban J connectivity index is 5.39. The monoisotopic (exact) mass is 1470 g/mol. The van der Waals surface area contributed by atoms with Crippen molar-refractivity contribution in [3.8, 4) is 0 Å². The summed E-state index contributed by atoms with van der Waals surface area (Å²) >= 11 is 0. The summed E-state index contributed by atoms with van der Waals surface area (Å²) in [5, 5.41) is 10.6. The van der Waals surface area contributed by atoms with Crippen molar-refractivity contribution in [2.75, 3.05) is 39.6 Å². The van der Waals surface area contributed by atoms with Gasteiger partial charge in [-0.05, 0) is 154 Å². The van der Waals surface area contributed by atoms with Crippen LogP contribution in [0.1, 0.15) is 297 Å². The average Bonchev–Trinajstić information content (AvgIpc) is 0.909. The molecule has 0 aliphatic carbocycles. The Bertz CT molecular complexity index is 2510. The third kappa shape index (κ3) is 73.3. The van der Waals surface area contributed by atoms with E-state index >= 15 is 0 Å². The molecule has 0 aliphatic rings. The van der Waals surface area contributed by atoms with Crippen molar-refractivity contribution in [2.45, 2.75) is 316 Å². The van der Waals surface area contributed by atoms with Gasteiger partial charge in [0.1, 0.15) is 19.3 Å². The van der Waals surface area contributed by atoms with Crippen LogP contribution in [0.3, 0.4) is 0 Å². The number of phosphoric acid groups is 2. The minimum absolute atomic E-state index is 0.0666. The summed E-state index contributed by atoms with van der Waals surface area (Å²) in [6, 6.07) is 0. The van der Waals surface area contributed by atoms with Crippen molar-refractivity contribution >= 4 is 39.5 Å². The zero-order valence-electron chi connectivity index (χ0n) is 63.5. The van der Waals surface area contributed by atoms with Gasteiger partial charge in [0.15, 0.2) is 12.2 Å². The molecule has 0 aromatic rings. The van der Waals surface area contributed by atoms with Gasteiger partial charge in [-0.25, -0.2) is 9.13 Å². The number of ether oxygens (including phenoxy) is 4. The van der Waals surface area contributed by atoms with Crippen molar-refractivity contribution in [3.05, 3.63) is 146 Å². The number of carbonyl (C=O) groups is 4. The molecule has 102 heavy (non-hydrogen) atoms. The van der Waals surface area contributed by atoms with Crippen molar-refractivity contribution in [1.82, 2.24) is 0 Å². The SMILES string of the molecule is CC/C=C\C/C=C\C/C=C\C/C=C\C/C=C\CCCCCC(=O)OCC(COP(=O)(O)OCC(O)COP(=O)(O)OCC(COC(=O)CCCCCCCCC/C=C\C/C=C\C/C=C\CC)OC(=O)CCCCCCC/C=C\C/C=C\CCC)OC(=O)CCCCCCC/C=C\C/C=C\CCC. The minimum Gasteiger partial charge on any atom is -0.462 e. The summed E-state index contributed by atoms with van der Waals surface area (Å²) in [4.78, 5) is 72.9. The van der Waals surface area contributed by atoms with Crippen LogP contribution in [0.25, 0.3) is 0 Å². The van der Waals surface area contributed by atoms with Crippen molar-refractivity contribution in [1.29, 1.82) is 0 Å². The Labute approximate surface area is 617 Å². The van der Waals surface area contributed by atoms with Crippen LogP contribution in [0.2, 0.25) is 0 Å². The molecule has 5 atom stereocenters. The van der Waals surface area contributed by atoms with Crippen LogP contribution in [0, 0.1) is 0 Å². The van der Waals surface area contributed by atoms with E-state index in [-0.39, 0.29) is 25.7 Å². The molecule has 0 bridgehead atoms. The summed E-state index contributed by atoms with van der Waals surface area (Å²) in [7, 11) is -9.98. The number of unbranched alkanes of at least 4 members (excludes halogenated alkanes) is 22. The summed E-state index contributed by atoms with van der Waals surface area (Å²) in [6.07, 6.45) is 84.0. The molecule has 0 saturated heterocycles. The number of allylic oxidation sites excluding steroid dienone is 24. The van der Waals surface area contributed by atoms with Gasteiger partial charge in [0.2, 0.25) is 0 Å². The average molecular weight is 1470 g/mol. The molecule has 19 heteroatoms. The summed E-state index contributed by atoms with van der Waals surface area (Å²) < 4.78 is 68.5. The predicted molar refractivity (Wildman–Crippen MR) is 417 cm³/mol. The van der Waals surface area contributed by atoms with E-state index in [9.17, 15) is 43.2 Å². The zero-order chi connectivity index (χ0) is 74.6. The first-order chi connectivity index (χ1) is 49.7. The Hall–Kier alpha value is -5.06. The second-order valence-electron chi connectivity index (χ2n) is 25.5. The molecule has 0 spiro atoms. The topological polar surface area (TPSA) is 237 Å².